The van der Waals surface area contributed by atoms with Gasteiger partial charge in [-0.1, -0.05) is 31.7 Å². The molecule has 21 heavy (non-hydrogen) atoms. The van der Waals surface area contributed by atoms with Crippen LogP contribution in [0.2, 0.25) is 0 Å². The van der Waals surface area contributed by atoms with Crippen molar-refractivity contribution < 1.29 is 9.47 Å². The molecule has 1 spiro atoms. The smallest absolute Gasteiger partial charge is 0.175 e. The summed E-state index contributed by atoms with van der Waals surface area (Å²) >= 11 is 3.58. The fraction of sp³-hybridized carbons (Fsp3) is 0.647. The third kappa shape index (κ3) is 2.68. The number of halogens is 1. The summed E-state index contributed by atoms with van der Waals surface area (Å²) < 4.78 is 12.8. The minimum absolute atomic E-state index is 0.177. The number of hydrogen-bond acceptors (Lipinski definition) is 3. The number of nitrogens with two attached hydrogens (primary N) is 1. The Morgan fingerprint density at radius 3 is 2.52 bits per heavy atom. The number of ether oxygens (including phenoxy) is 2. The molecule has 116 valence electrons. The van der Waals surface area contributed by atoms with Crippen molar-refractivity contribution in [2.45, 2.75) is 57.1 Å². The quantitative estimate of drug-likeness (QED) is 0.881. The van der Waals surface area contributed by atoms with Crippen LogP contribution in [0.15, 0.2) is 22.7 Å². The lowest BCUT2D eigenvalue weighted by molar-refractivity contribution is -0.0781. The largest absolute Gasteiger partial charge is 0.493 e. The second kappa shape index (κ2) is 6.17. The van der Waals surface area contributed by atoms with Crippen LogP contribution in [0.4, 0.5) is 0 Å². The Kier molecular flexibility index (Phi) is 4.46. The first kappa shape index (κ1) is 15.2. The molecule has 2 aliphatic rings. The molecule has 2 N–H and O–H groups in total. The summed E-state index contributed by atoms with van der Waals surface area (Å²) in [4.78, 5) is 0. The Balaban J connectivity index is 1.82. The average Bonchev–Trinajstić information content (AvgIpc) is 2.76. The summed E-state index contributed by atoms with van der Waals surface area (Å²) in [6.07, 6.45) is 8.79. The van der Waals surface area contributed by atoms with Gasteiger partial charge in [0.2, 0.25) is 0 Å². The lowest BCUT2D eigenvalue weighted by Crippen LogP contribution is -2.63. The van der Waals surface area contributed by atoms with E-state index in [0.717, 1.165) is 22.4 Å². The molecule has 2 atom stereocenters. The van der Waals surface area contributed by atoms with E-state index in [1.807, 2.05) is 18.2 Å². The molecule has 2 aliphatic carbocycles. The summed E-state index contributed by atoms with van der Waals surface area (Å²) in [6, 6.07) is 6.19. The normalized spacial score (nSPS) is 27.8. The van der Waals surface area contributed by atoms with Gasteiger partial charge < -0.3 is 15.2 Å². The molecule has 0 aliphatic heterocycles. The minimum Gasteiger partial charge on any atom is -0.493 e. The van der Waals surface area contributed by atoms with E-state index in [1.54, 1.807) is 7.11 Å². The van der Waals surface area contributed by atoms with Crippen LogP contribution >= 0.6 is 15.9 Å². The molecule has 4 heteroatoms. The Labute approximate surface area is 135 Å². The van der Waals surface area contributed by atoms with Crippen molar-refractivity contribution in [3.8, 4) is 11.5 Å². The fourth-order valence-corrected chi connectivity index (χ4v) is 4.37. The molecular formula is C17H24BrNO2. The molecular weight excluding hydrogens is 330 g/mol. The summed E-state index contributed by atoms with van der Waals surface area (Å²) in [7, 11) is 1.68. The Morgan fingerprint density at radius 2 is 1.90 bits per heavy atom. The Bertz CT molecular complexity index is 498. The van der Waals surface area contributed by atoms with Gasteiger partial charge in [0.1, 0.15) is 6.10 Å². The van der Waals surface area contributed by atoms with Gasteiger partial charge >= 0.3 is 0 Å². The zero-order chi connectivity index (χ0) is 14.9. The molecule has 3 rings (SSSR count). The first-order chi connectivity index (χ1) is 10.2. The predicted molar refractivity (Wildman–Crippen MR) is 87.8 cm³/mol. The van der Waals surface area contributed by atoms with Gasteiger partial charge in [-0.2, -0.15) is 0 Å². The van der Waals surface area contributed by atoms with Crippen molar-refractivity contribution in [3.63, 3.8) is 0 Å². The maximum absolute atomic E-state index is 6.39. The van der Waals surface area contributed by atoms with Crippen LogP contribution < -0.4 is 15.2 Å². The summed E-state index contributed by atoms with van der Waals surface area (Å²) in [5, 5.41) is 0. The fourth-order valence-electron chi connectivity index (χ4n) is 3.93. The van der Waals surface area contributed by atoms with E-state index in [9.17, 15) is 0 Å². The summed E-state index contributed by atoms with van der Waals surface area (Å²) in [5.41, 5.74) is 6.56. The predicted octanol–water partition coefficient (Wildman–Crippen LogP) is 4.28. The lowest BCUT2D eigenvalue weighted by atomic mass is 9.58. The van der Waals surface area contributed by atoms with Crippen LogP contribution in [0, 0.1) is 5.41 Å². The van der Waals surface area contributed by atoms with Crippen LogP contribution in [-0.2, 0) is 0 Å². The third-order valence-electron chi connectivity index (χ3n) is 5.29. The van der Waals surface area contributed by atoms with Crippen molar-refractivity contribution in [1.82, 2.24) is 0 Å². The molecule has 2 saturated carbocycles. The molecule has 2 unspecified atom stereocenters. The van der Waals surface area contributed by atoms with Gasteiger partial charge in [0, 0.05) is 17.9 Å². The van der Waals surface area contributed by atoms with E-state index < -0.39 is 0 Å². The third-order valence-corrected chi connectivity index (χ3v) is 5.92. The van der Waals surface area contributed by atoms with E-state index >= 15 is 0 Å². The first-order valence-corrected chi connectivity index (χ1v) is 8.71. The second-order valence-electron chi connectivity index (χ2n) is 6.37. The Hall–Kier alpha value is -0.740. The minimum atomic E-state index is 0.177. The molecule has 1 aromatic rings. The van der Waals surface area contributed by atoms with E-state index in [1.165, 1.54) is 38.5 Å². The van der Waals surface area contributed by atoms with Crippen LogP contribution in [0.5, 0.6) is 11.5 Å². The molecule has 0 amide bonds. The SMILES string of the molecule is COc1cccc(Br)c1OC1CC(N)C12CCCCCC2. The van der Waals surface area contributed by atoms with Gasteiger partial charge in [-0.3, -0.25) is 0 Å². The number of hydrogen-bond donors (Lipinski definition) is 1. The molecule has 0 bridgehead atoms. The highest BCUT2D eigenvalue weighted by Crippen LogP contribution is 2.52. The van der Waals surface area contributed by atoms with Crippen molar-refractivity contribution in [2.75, 3.05) is 7.11 Å². The molecule has 0 saturated heterocycles. The zero-order valence-corrected chi connectivity index (χ0v) is 14.2. The second-order valence-corrected chi connectivity index (χ2v) is 7.22. The molecule has 0 aromatic heterocycles. The van der Waals surface area contributed by atoms with Crippen LogP contribution in [0.1, 0.15) is 44.9 Å². The van der Waals surface area contributed by atoms with Gasteiger partial charge in [0.25, 0.3) is 0 Å². The van der Waals surface area contributed by atoms with Crippen molar-refractivity contribution in [2.24, 2.45) is 11.1 Å². The molecule has 0 heterocycles. The molecule has 0 radical (unpaired) electrons. The van der Waals surface area contributed by atoms with E-state index in [2.05, 4.69) is 15.9 Å². The molecule has 2 fully saturated rings. The van der Waals surface area contributed by atoms with Gasteiger partial charge in [-0.15, -0.1) is 0 Å². The first-order valence-electron chi connectivity index (χ1n) is 7.92. The number of rotatable bonds is 3. The highest BCUT2D eigenvalue weighted by Gasteiger charge is 2.54. The van der Waals surface area contributed by atoms with Gasteiger partial charge in [-0.05, 0) is 40.9 Å². The number of para-hydroxylation sites is 1. The van der Waals surface area contributed by atoms with Gasteiger partial charge in [0.15, 0.2) is 11.5 Å². The number of benzene rings is 1. The zero-order valence-electron chi connectivity index (χ0n) is 12.6. The van der Waals surface area contributed by atoms with Crippen LogP contribution in [-0.4, -0.2) is 19.3 Å². The van der Waals surface area contributed by atoms with E-state index in [0.29, 0.717) is 0 Å². The monoisotopic (exact) mass is 353 g/mol. The highest BCUT2D eigenvalue weighted by molar-refractivity contribution is 9.10. The average molecular weight is 354 g/mol. The van der Waals surface area contributed by atoms with E-state index in [4.69, 9.17) is 15.2 Å². The van der Waals surface area contributed by atoms with Gasteiger partial charge in [0.05, 0.1) is 11.6 Å². The van der Waals surface area contributed by atoms with E-state index in [-0.39, 0.29) is 17.6 Å². The molecule has 3 nitrogen and oxygen atoms in total. The van der Waals surface area contributed by atoms with Crippen molar-refractivity contribution in [3.05, 3.63) is 22.7 Å². The molecule has 1 aromatic carbocycles. The van der Waals surface area contributed by atoms with Crippen molar-refractivity contribution >= 4 is 15.9 Å². The van der Waals surface area contributed by atoms with Gasteiger partial charge in [-0.25, -0.2) is 0 Å². The standard InChI is InChI=1S/C17H24BrNO2/c1-20-13-8-6-7-12(18)16(13)21-15-11-14(19)17(15)9-4-2-3-5-10-17/h6-8,14-15H,2-5,9-11,19H2,1H3. The van der Waals surface area contributed by atoms with Crippen LogP contribution in [0.3, 0.4) is 0 Å². The maximum atomic E-state index is 6.39. The number of methoxy groups -OCH3 is 1. The topological polar surface area (TPSA) is 44.5 Å². The van der Waals surface area contributed by atoms with Crippen LogP contribution in [0.25, 0.3) is 0 Å². The summed E-state index contributed by atoms with van der Waals surface area (Å²) in [6.45, 7) is 0. The lowest BCUT2D eigenvalue weighted by Gasteiger charge is -2.54. The maximum Gasteiger partial charge on any atom is 0.175 e. The van der Waals surface area contributed by atoms with Crippen molar-refractivity contribution in [1.29, 1.82) is 0 Å². The Morgan fingerprint density at radius 1 is 1.19 bits per heavy atom. The summed E-state index contributed by atoms with van der Waals surface area (Å²) in [5.74, 6) is 1.61. The highest BCUT2D eigenvalue weighted by atomic mass is 79.9.